The molecule has 2 nitrogen and oxygen atoms in total. The first-order valence-corrected chi connectivity index (χ1v) is 5.37. The van der Waals surface area contributed by atoms with Crippen LogP contribution in [0.3, 0.4) is 0 Å². The maximum atomic E-state index is 9.53. The molecule has 0 aliphatic carbocycles. The van der Waals surface area contributed by atoms with Gasteiger partial charge < -0.3 is 4.55 Å². The maximum Gasteiger partial charge on any atom is 0.0408 e. The second-order valence-corrected chi connectivity index (χ2v) is 5.48. The zero-order valence-electron chi connectivity index (χ0n) is 6.11. The van der Waals surface area contributed by atoms with Gasteiger partial charge in [-0.15, -0.1) is 10.3 Å². The fourth-order valence-electron chi connectivity index (χ4n) is 0.643. The molecule has 0 saturated carbocycles. The van der Waals surface area contributed by atoms with Crippen molar-refractivity contribution in [1.82, 2.24) is 4.98 Å². The van der Waals surface area contributed by atoms with Gasteiger partial charge in [-0.1, -0.05) is 0 Å². The number of pyridine rings is 1. The van der Waals surface area contributed by atoms with Crippen molar-refractivity contribution in [3.05, 3.63) is 24.5 Å². The molecule has 0 saturated heterocycles. The molecule has 10 heavy (non-hydrogen) atoms. The SMILES string of the molecule is CS(C)(O)c1cccnc1. The molecule has 0 radical (unpaired) electrons. The van der Waals surface area contributed by atoms with Crippen LogP contribution in [-0.2, 0) is 0 Å². The fraction of sp³-hybridized carbons (Fsp3) is 0.286. The summed E-state index contributed by atoms with van der Waals surface area (Å²) in [6.07, 6.45) is 7.05. The molecule has 0 aromatic carbocycles. The van der Waals surface area contributed by atoms with Crippen molar-refractivity contribution >= 4 is 10.3 Å². The third kappa shape index (κ3) is 1.72. The third-order valence-corrected chi connectivity index (χ3v) is 2.61. The Bertz CT molecular complexity index is 205. The van der Waals surface area contributed by atoms with Gasteiger partial charge in [0.25, 0.3) is 0 Å². The summed E-state index contributed by atoms with van der Waals surface area (Å²) in [6, 6.07) is 3.72. The van der Waals surface area contributed by atoms with Crippen LogP contribution in [0.1, 0.15) is 0 Å². The van der Waals surface area contributed by atoms with Crippen LogP contribution in [0.2, 0.25) is 0 Å². The van der Waals surface area contributed by atoms with Gasteiger partial charge in [0, 0.05) is 17.3 Å². The van der Waals surface area contributed by atoms with Crippen molar-refractivity contribution in [3.63, 3.8) is 0 Å². The first kappa shape index (κ1) is 7.57. The number of aromatic nitrogens is 1. The van der Waals surface area contributed by atoms with E-state index in [0.717, 1.165) is 4.90 Å². The Morgan fingerprint density at radius 1 is 1.50 bits per heavy atom. The molecule has 1 N–H and O–H groups in total. The van der Waals surface area contributed by atoms with Gasteiger partial charge in [-0.2, -0.15) is 0 Å². The van der Waals surface area contributed by atoms with E-state index in [1.54, 1.807) is 12.4 Å². The number of rotatable bonds is 1. The van der Waals surface area contributed by atoms with E-state index >= 15 is 0 Å². The van der Waals surface area contributed by atoms with Crippen molar-refractivity contribution in [2.24, 2.45) is 0 Å². The van der Waals surface area contributed by atoms with Gasteiger partial charge in [-0.3, -0.25) is 4.98 Å². The van der Waals surface area contributed by atoms with E-state index in [0.29, 0.717) is 0 Å². The number of hydrogen-bond acceptors (Lipinski definition) is 2. The quantitative estimate of drug-likeness (QED) is 0.676. The Labute approximate surface area is 62.4 Å². The fourth-order valence-corrected chi connectivity index (χ4v) is 1.37. The van der Waals surface area contributed by atoms with Crippen molar-refractivity contribution in [2.75, 3.05) is 12.5 Å². The molecule has 0 fully saturated rings. The largest absolute Gasteiger partial charge is 0.348 e. The van der Waals surface area contributed by atoms with Gasteiger partial charge >= 0.3 is 0 Å². The molecule has 0 atom stereocenters. The summed E-state index contributed by atoms with van der Waals surface area (Å²) in [5.41, 5.74) is 0. The molecule has 0 spiro atoms. The second kappa shape index (κ2) is 2.60. The molecule has 0 bridgehead atoms. The van der Waals surface area contributed by atoms with Crippen LogP contribution in [0.4, 0.5) is 0 Å². The van der Waals surface area contributed by atoms with Crippen molar-refractivity contribution in [3.8, 4) is 0 Å². The van der Waals surface area contributed by atoms with Crippen molar-refractivity contribution in [1.29, 1.82) is 0 Å². The summed E-state index contributed by atoms with van der Waals surface area (Å²) >= 11 is 0. The van der Waals surface area contributed by atoms with Gasteiger partial charge in [0.2, 0.25) is 0 Å². The smallest absolute Gasteiger partial charge is 0.0408 e. The zero-order valence-corrected chi connectivity index (χ0v) is 6.93. The standard InChI is InChI=1S/C7H11NOS/c1-10(2,9)7-4-3-5-8-6-7/h3-6,9H,1-2H3. The molecule has 1 rings (SSSR count). The summed E-state index contributed by atoms with van der Waals surface area (Å²) in [5.74, 6) is 0. The molecule has 0 amide bonds. The van der Waals surface area contributed by atoms with E-state index in [1.165, 1.54) is 0 Å². The third-order valence-electron chi connectivity index (χ3n) is 1.21. The average Bonchev–Trinajstić information content (AvgIpc) is 1.88. The van der Waals surface area contributed by atoms with E-state index in [4.69, 9.17) is 0 Å². The van der Waals surface area contributed by atoms with Crippen LogP contribution in [-0.4, -0.2) is 22.0 Å². The maximum absolute atomic E-state index is 9.53. The van der Waals surface area contributed by atoms with E-state index in [1.807, 2.05) is 24.6 Å². The van der Waals surface area contributed by atoms with Crippen LogP contribution in [0.25, 0.3) is 0 Å². The highest BCUT2D eigenvalue weighted by molar-refractivity contribution is 8.28. The van der Waals surface area contributed by atoms with Gasteiger partial charge in [-0.05, 0) is 24.6 Å². The Kier molecular flexibility index (Phi) is 1.97. The van der Waals surface area contributed by atoms with Crippen LogP contribution < -0.4 is 0 Å². The number of nitrogens with zero attached hydrogens (tertiary/aromatic N) is 1. The van der Waals surface area contributed by atoms with Crippen LogP contribution in [0.15, 0.2) is 29.4 Å². The lowest BCUT2D eigenvalue weighted by Crippen LogP contribution is -1.93. The summed E-state index contributed by atoms with van der Waals surface area (Å²) in [5, 5.41) is 0. The van der Waals surface area contributed by atoms with Gasteiger partial charge in [-0.25, -0.2) is 0 Å². The second-order valence-electron chi connectivity index (χ2n) is 2.46. The molecule has 0 aliphatic heterocycles. The van der Waals surface area contributed by atoms with Crippen LogP contribution >= 0.6 is 10.3 Å². The van der Waals surface area contributed by atoms with Crippen LogP contribution in [0, 0.1) is 0 Å². The summed E-state index contributed by atoms with van der Waals surface area (Å²) in [4.78, 5) is 4.84. The van der Waals surface area contributed by atoms with E-state index < -0.39 is 10.3 Å². The van der Waals surface area contributed by atoms with Gasteiger partial charge in [0.1, 0.15) is 0 Å². The monoisotopic (exact) mass is 157 g/mol. The minimum atomic E-state index is -1.57. The molecular weight excluding hydrogens is 146 g/mol. The predicted molar refractivity (Wildman–Crippen MR) is 44.6 cm³/mol. The molecule has 56 valence electrons. The Hall–Kier alpha value is -0.540. The topological polar surface area (TPSA) is 33.1 Å². The highest BCUT2D eigenvalue weighted by atomic mass is 32.3. The molecule has 0 unspecified atom stereocenters. The predicted octanol–water partition coefficient (Wildman–Crippen LogP) is 1.98. The lowest BCUT2D eigenvalue weighted by molar-refractivity contribution is 0.636. The molecular formula is C7H11NOS. The van der Waals surface area contributed by atoms with Crippen molar-refractivity contribution in [2.45, 2.75) is 4.90 Å². The Morgan fingerprint density at radius 3 is 2.50 bits per heavy atom. The Morgan fingerprint density at radius 2 is 2.20 bits per heavy atom. The zero-order chi connectivity index (χ0) is 7.61. The summed E-state index contributed by atoms with van der Waals surface area (Å²) in [7, 11) is -1.57. The lowest BCUT2D eigenvalue weighted by Gasteiger charge is -2.22. The normalized spacial score (nSPS) is 13.1. The number of hydrogen-bond donors (Lipinski definition) is 1. The summed E-state index contributed by atoms with van der Waals surface area (Å²) in [6.45, 7) is 0. The molecule has 3 heteroatoms. The Balaban J connectivity index is 2.97. The van der Waals surface area contributed by atoms with Gasteiger partial charge in [0.15, 0.2) is 0 Å². The first-order valence-electron chi connectivity index (χ1n) is 2.96. The van der Waals surface area contributed by atoms with E-state index in [9.17, 15) is 4.55 Å². The van der Waals surface area contributed by atoms with Crippen molar-refractivity contribution < 1.29 is 4.55 Å². The summed E-state index contributed by atoms with van der Waals surface area (Å²) < 4.78 is 9.53. The molecule has 1 aromatic heterocycles. The molecule has 0 aliphatic rings. The first-order chi connectivity index (χ1) is 4.61. The van der Waals surface area contributed by atoms with E-state index in [-0.39, 0.29) is 0 Å². The minimum Gasteiger partial charge on any atom is -0.348 e. The molecule has 1 aromatic rings. The minimum absolute atomic E-state index is 0.926. The highest BCUT2D eigenvalue weighted by Crippen LogP contribution is 2.43. The highest BCUT2D eigenvalue weighted by Gasteiger charge is 2.08. The van der Waals surface area contributed by atoms with Gasteiger partial charge in [0.05, 0.1) is 0 Å². The molecule has 1 heterocycles. The van der Waals surface area contributed by atoms with Crippen LogP contribution in [0.5, 0.6) is 0 Å². The lowest BCUT2D eigenvalue weighted by atomic mass is 10.5. The van der Waals surface area contributed by atoms with E-state index in [2.05, 4.69) is 4.98 Å². The average molecular weight is 157 g/mol.